The van der Waals surface area contributed by atoms with Gasteiger partial charge in [-0.3, -0.25) is 9.78 Å². The Hall–Kier alpha value is -2.01. The number of carbonyl (C=O) groups excluding carboxylic acids is 1. The zero-order valence-corrected chi connectivity index (χ0v) is 11.4. The quantitative estimate of drug-likeness (QED) is 0.836. The van der Waals surface area contributed by atoms with Gasteiger partial charge in [-0.25, -0.2) is 0 Å². The maximum absolute atomic E-state index is 12.1. The molecule has 2 aromatic rings. The monoisotopic (exact) mass is 273 g/mol. The van der Waals surface area contributed by atoms with Crippen molar-refractivity contribution in [3.63, 3.8) is 0 Å². The summed E-state index contributed by atoms with van der Waals surface area (Å²) in [5, 5.41) is 3.81. The van der Waals surface area contributed by atoms with Gasteiger partial charge >= 0.3 is 0 Å². The van der Waals surface area contributed by atoms with Gasteiger partial charge in [-0.05, 0) is 31.2 Å². The van der Waals surface area contributed by atoms with Crippen LogP contribution in [0.4, 0.5) is 0 Å². The van der Waals surface area contributed by atoms with Crippen LogP contribution in [0.3, 0.4) is 0 Å². The topological polar surface area (TPSA) is 68.0 Å². The van der Waals surface area contributed by atoms with Crippen LogP contribution in [0.2, 0.25) is 0 Å². The van der Waals surface area contributed by atoms with Crippen molar-refractivity contribution in [1.82, 2.24) is 10.3 Å². The minimum Gasteiger partial charge on any atom is -0.393 e. The number of nitrogens with one attached hydrogen (secondary N) is 1. The lowest BCUT2D eigenvalue weighted by Gasteiger charge is -2.13. The second-order valence-electron chi connectivity index (χ2n) is 4.46. The second kappa shape index (κ2) is 5.75. The van der Waals surface area contributed by atoms with Crippen molar-refractivity contribution >= 4 is 34.0 Å². The molecule has 1 aromatic carbocycles. The van der Waals surface area contributed by atoms with Gasteiger partial charge in [0.2, 0.25) is 0 Å². The van der Waals surface area contributed by atoms with E-state index in [2.05, 4.69) is 10.3 Å². The van der Waals surface area contributed by atoms with Crippen molar-refractivity contribution in [1.29, 1.82) is 0 Å². The Balaban J connectivity index is 2.15. The molecule has 0 aliphatic rings. The molecule has 98 valence electrons. The average molecular weight is 273 g/mol. The van der Waals surface area contributed by atoms with Gasteiger partial charge in [0.05, 0.1) is 10.5 Å². The van der Waals surface area contributed by atoms with E-state index in [1.807, 2.05) is 31.2 Å². The Kier molecular flexibility index (Phi) is 4.06. The maximum atomic E-state index is 12.1. The first kappa shape index (κ1) is 13.4. The number of fused-ring (bicyclic) bond motifs is 1. The summed E-state index contributed by atoms with van der Waals surface area (Å²) in [6.45, 7) is 1.87. The molecule has 5 heteroatoms. The number of nitrogens with two attached hydrogens (primary N) is 1. The van der Waals surface area contributed by atoms with Crippen molar-refractivity contribution in [2.75, 3.05) is 0 Å². The fourth-order valence-corrected chi connectivity index (χ4v) is 2.13. The maximum Gasteiger partial charge on any atom is 0.251 e. The molecule has 1 aromatic heterocycles. The third kappa shape index (κ3) is 3.48. The molecule has 0 saturated carbocycles. The number of amides is 1. The lowest BCUT2D eigenvalue weighted by molar-refractivity contribution is 0.0941. The van der Waals surface area contributed by atoms with Crippen LogP contribution in [0.5, 0.6) is 0 Å². The number of hydrogen-bond acceptors (Lipinski definition) is 3. The zero-order chi connectivity index (χ0) is 13.8. The molecule has 1 unspecified atom stereocenters. The van der Waals surface area contributed by atoms with Gasteiger partial charge in [0.15, 0.2) is 0 Å². The van der Waals surface area contributed by atoms with E-state index in [0.29, 0.717) is 17.0 Å². The molecule has 3 N–H and O–H groups in total. The summed E-state index contributed by atoms with van der Waals surface area (Å²) in [7, 11) is 0. The first-order valence-corrected chi connectivity index (χ1v) is 6.41. The van der Waals surface area contributed by atoms with E-state index in [0.717, 1.165) is 10.9 Å². The van der Waals surface area contributed by atoms with E-state index < -0.39 is 0 Å². The molecule has 4 nitrogen and oxygen atoms in total. The van der Waals surface area contributed by atoms with Crippen molar-refractivity contribution in [2.24, 2.45) is 5.73 Å². The van der Waals surface area contributed by atoms with Crippen LogP contribution in [0, 0.1) is 0 Å². The predicted octanol–water partition coefficient (Wildman–Crippen LogP) is 2.03. The highest BCUT2D eigenvalue weighted by Gasteiger charge is 2.11. The molecule has 0 bridgehead atoms. The highest BCUT2D eigenvalue weighted by molar-refractivity contribution is 7.80. The standard InChI is InChI=1S/C14H15N3OS/c1-9(7-13(15)19)17-14(18)11-4-5-12-10(8-11)3-2-6-16-12/h2-6,8-9H,7H2,1H3,(H2,15,19)(H,17,18). The van der Waals surface area contributed by atoms with E-state index in [1.165, 1.54) is 0 Å². The Morgan fingerprint density at radius 2 is 2.26 bits per heavy atom. The average Bonchev–Trinajstić information content (AvgIpc) is 2.37. The number of benzene rings is 1. The van der Waals surface area contributed by atoms with Crippen LogP contribution < -0.4 is 11.1 Å². The Labute approximate surface area is 117 Å². The fraction of sp³-hybridized carbons (Fsp3) is 0.214. The molecule has 0 aliphatic carbocycles. The smallest absolute Gasteiger partial charge is 0.251 e. The van der Waals surface area contributed by atoms with Crippen molar-refractivity contribution in [3.05, 3.63) is 42.1 Å². The molecular formula is C14H15N3OS. The first-order valence-electron chi connectivity index (χ1n) is 6.00. The Bertz CT molecular complexity index is 627. The molecular weight excluding hydrogens is 258 g/mol. The Morgan fingerprint density at radius 3 is 3.00 bits per heavy atom. The van der Waals surface area contributed by atoms with Crippen molar-refractivity contribution < 1.29 is 4.79 Å². The highest BCUT2D eigenvalue weighted by atomic mass is 32.1. The number of hydrogen-bond donors (Lipinski definition) is 2. The van der Waals surface area contributed by atoms with E-state index >= 15 is 0 Å². The minimum absolute atomic E-state index is 0.0744. The summed E-state index contributed by atoms with van der Waals surface area (Å²) < 4.78 is 0. The summed E-state index contributed by atoms with van der Waals surface area (Å²) in [6.07, 6.45) is 2.22. The van der Waals surface area contributed by atoms with Crippen LogP contribution in [0.1, 0.15) is 23.7 Å². The van der Waals surface area contributed by atoms with Gasteiger partial charge in [0.25, 0.3) is 5.91 Å². The normalized spacial score (nSPS) is 12.1. The number of carbonyl (C=O) groups is 1. The molecule has 0 aliphatic heterocycles. The highest BCUT2D eigenvalue weighted by Crippen LogP contribution is 2.13. The predicted molar refractivity (Wildman–Crippen MR) is 80.1 cm³/mol. The molecule has 0 radical (unpaired) electrons. The third-order valence-electron chi connectivity index (χ3n) is 2.75. The molecule has 2 rings (SSSR count). The van der Waals surface area contributed by atoms with Crippen molar-refractivity contribution in [2.45, 2.75) is 19.4 Å². The number of aromatic nitrogens is 1. The van der Waals surface area contributed by atoms with E-state index in [1.54, 1.807) is 12.3 Å². The largest absolute Gasteiger partial charge is 0.393 e. The second-order valence-corrected chi connectivity index (χ2v) is 4.98. The van der Waals surface area contributed by atoms with Gasteiger partial charge in [0, 0.05) is 29.6 Å². The molecule has 0 saturated heterocycles. The van der Waals surface area contributed by atoms with Gasteiger partial charge in [-0.1, -0.05) is 18.3 Å². The van der Waals surface area contributed by atoms with E-state index in [-0.39, 0.29) is 11.9 Å². The number of pyridine rings is 1. The van der Waals surface area contributed by atoms with Crippen LogP contribution in [0.25, 0.3) is 10.9 Å². The Morgan fingerprint density at radius 1 is 1.47 bits per heavy atom. The lowest BCUT2D eigenvalue weighted by Crippen LogP contribution is -2.35. The summed E-state index contributed by atoms with van der Waals surface area (Å²) >= 11 is 4.82. The van der Waals surface area contributed by atoms with Crippen LogP contribution in [-0.4, -0.2) is 21.9 Å². The lowest BCUT2D eigenvalue weighted by atomic mass is 10.1. The zero-order valence-electron chi connectivity index (χ0n) is 10.6. The van der Waals surface area contributed by atoms with Crippen LogP contribution in [-0.2, 0) is 0 Å². The molecule has 19 heavy (non-hydrogen) atoms. The van der Waals surface area contributed by atoms with E-state index in [9.17, 15) is 4.79 Å². The van der Waals surface area contributed by atoms with Gasteiger partial charge in [-0.2, -0.15) is 0 Å². The van der Waals surface area contributed by atoms with Crippen LogP contribution >= 0.6 is 12.2 Å². The van der Waals surface area contributed by atoms with Gasteiger partial charge in [0.1, 0.15) is 0 Å². The summed E-state index contributed by atoms with van der Waals surface area (Å²) in [5.74, 6) is -0.130. The molecule has 1 heterocycles. The summed E-state index contributed by atoms with van der Waals surface area (Å²) in [6, 6.07) is 9.12. The van der Waals surface area contributed by atoms with Gasteiger partial charge < -0.3 is 11.1 Å². The summed E-state index contributed by atoms with van der Waals surface area (Å²) in [4.78, 5) is 16.7. The van der Waals surface area contributed by atoms with Gasteiger partial charge in [-0.15, -0.1) is 0 Å². The van der Waals surface area contributed by atoms with Crippen LogP contribution in [0.15, 0.2) is 36.5 Å². The first-order chi connectivity index (χ1) is 9.06. The number of rotatable bonds is 4. The van der Waals surface area contributed by atoms with E-state index in [4.69, 9.17) is 18.0 Å². The molecule has 1 atom stereocenters. The SMILES string of the molecule is CC(CC(N)=S)NC(=O)c1ccc2ncccc2c1. The minimum atomic E-state index is -0.130. The van der Waals surface area contributed by atoms with Crippen molar-refractivity contribution in [3.8, 4) is 0 Å². The number of nitrogens with zero attached hydrogens (tertiary/aromatic N) is 1. The molecule has 1 amide bonds. The third-order valence-corrected chi connectivity index (χ3v) is 2.92. The summed E-state index contributed by atoms with van der Waals surface area (Å²) in [5.41, 5.74) is 6.93. The molecule has 0 spiro atoms. The number of thiocarbonyl (C=S) groups is 1. The molecule has 0 fully saturated rings. The fourth-order valence-electron chi connectivity index (χ4n) is 1.88.